The van der Waals surface area contributed by atoms with Crippen molar-refractivity contribution in [1.82, 2.24) is 15.5 Å². The molecule has 5 nitrogen and oxygen atoms in total. The van der Waals surface area contributed by atoms with E-state index >= 15 is 0 Å². The zero-order chi connectivity index (χ0) is 12.3. The second-order valence-electron chi connectivity index (χ2n) is 4.33. The Hall–Kier alpha value is -1.17. The van der Waals surface area contributed by atoms with Crippen molar-refractivity contribution in [2.45, 2.75) is 43.2 Å². The average molecular weight is 254 g/mol. The lowest BCUT2D eigenvalue weighted by atomic mass is 9.95. The van der Waals surface area contributed by atoms with Gasteiger partial charge in [-0.3, -0.25) is 9.89 Å². The molecule has 1 aliphatic carbocycles. The van der Waals surface area contributed by atoms with Crippen molar-refractivity contribution in [2.24, 2.45) is 0 Å². The smallest absolute Gasteiger partial charge is 0.258 e. The van der Waals surface area contributed by atoms with E-state index in [9.17, 15) is 4.79 Å². The van der Waals surface area contributed by atoms with Gasteiger partial charge in [0.25, 0.3) is 5.91 Å². The highest BCUT2D eigenvalue weighted by Gasteiger charge is 2.22. The molecular formula is C11H18N4OS. The van der Waals surface area contributed by atoms with Gasteiger partial charge in [0.15, 0.2) is 0 Å². The number of thioether (sulfide) groups is 1. The molecule has 1 saturated carbocycles. The fourth-order valence-electron chi connectivity index (χ4n) is 2.21. The van der Waals surface area contributed by atoms with Gasteiger partial charge in [0, 0.05) is 6.04 Å². The molecule has 0 bridgehead atoms. The summed E-state index contributed by atoms with van der Waals surface area (Å²) in [7, 11) is 0. The number of amides is 1. The van der Waals surface area contributed by atoms with E-state index in [-0.39, 0.29) is 5.91 Å². The number of hydrogen-bond acceptors (Lipinski definition) is 4. The molecule has 0 spiro atoms. The van der Waals surface area contributed by atoms with Crippen LogP contribution in [0.3, 0.4) is 0 Å². The first kappa shape index (κ1) is 12.3. The number of nitrogens with two attached hydrogens (primary N) is 1. The molecule has 17 heavy (non-hydrogen) atoms. The van der Waals surface area contributed by atoms with Crippen molar-refractivity contribution >= 4 is 23.5 Å². The first-order chi connectivity index (χ1) is 8.22. The zero-order valence-corrected chi connectivity index (χ0v) is 10.8. The molecule has 1 aliphatic rings. The Bertz CT molecular complexity index is 398. The number of aromatic amines is 1. The largest absolute Gasteiger partial charge is 0.383 e. The molecule has 1 aromatic rings. The van der Waals surface area contributed by atoms with Crippen LogP contribution in [-0.2, 0) is 0 Å². The van der Waals surface area contributed by atoms with E-state index in [0.29, 0.717) is 22.4 Å². The lowest BCUT2D eigenvalue weighted by Gasteiger charge is -2.22. The van der Waals surface area contributed by atoms with Gasteiger partial charge in [0.2, 0.25) is 0 Å². The van der Waals surface area contributed by atoms with Crippen molar-refractivity contribution < 1.29 is 4.79 Å². The molecule has 1 heterocycles. The molecule has 1 amide bonds. The minimum atomic E-state index is -0.104. The van der Waals surface area contributed by atoms with Gasteiger partial charge in [0.1, 0.15) is 16.4 Å². The second kappa shape index (κ2) is 5.44. The minimum absolute atomic E-state index is 0.104. The van der Waals surface area contributed by atoms with Crippen molar-refractivity contribution in [2.75, 3.05) is 12.0 Å². The van der Waals surface area contributed by atoms with Gasteiger partial charge in [-0.05, 0) is 19.1 Å². The summed E-state index contributed by atoms with van der Waals surface area (Å²) in [5.41, 5.74) is 6.22. The number of nitrogens with one attached hydrogen (secondary N) is 2. The standard InChI is InChI=1S/C11H18N4OS/c1-17-11-8(9(12)14-15-11)10(16)13-7-5-3-2-4-6-7/h7H,2-6H2,1H3,(H,13,16)(H3,12,14,15). The van der Waals surface area contributed by atoms with Gasteiger partial charge in [-0.2, -0.15) is 5.10 Å². The molecule has 0 unspecified atom stereocenters. The highest BCUT2D eigenvalue weighted by Crippen LogP contribution is 2.23. The number of rotatable bonds is 3. The summed E-state index contributed by atoms with van der Waals surface area (Å²) in [6.07, 6.45) is 7.68. The van der Waals surface area contributed by atoms with Crippen LogP contribution in [0.15, 0.2) is 5.03 Å². The number of aromatic nitrogens is 2. The summed E-state index contributed by atoms with van der Waals surface area (Å²) in [5, 5.41) is 10.4. The lowest BCUT2D eigenvalue weighted by molar-refractivity contribution is 0.0925. The highest BCUT2D eigenvalue weighted by molar-refractivity contribution is 7.98. The molecule has 2 rings (SSSR count). The zero-order valence-electron chi connectivity index (χ0n) is 9.95. The number of carbonyl (C=O) groups is 1. The molecule has 94 valence electrons. The number of anilines is 1. The van der Waals surface area contributed by atoms with Gasteiger partial charge in [0.05, 0.1) is 0 Å². The third-order valence-electron chi connectivity index (χ3n) is 3.12. The Morgan fingerprint density at radius 2 is 2.18 bits per heavy atom. The number of nitrogen functional groups attached to an aromatic ring is 1. The van der Waals surface area contributed by atoms with E-state index in [4.69, 9.17) is 5.73 Å². The van der Waals surface area contributed by atoms with Gasteiger partial charge in [-0.1, -0.05) is 19.3 Å². The Labute approximate surface area is 105 Å². The Morgan fingerprint density at radius 3 is 2.82 bits per heavy atom. The lowest BCUT2D eigenvalue weighted by Crippen LogP contribution is -2.36. The predicted molar refractivity (Wildman–Crippen MR) is 69.1 cm³/mol. The van der Waals surface area contributed by atoms with Crippen molar-refractivity contribution in [3.8, 4) is 0 Å². The van der Waals surface area contributed by atoms with Gasteiger partial charge in [-0.25, -0.2) is 0 Å². The van der Waals surface area contributed by atoms with Gasteiger partial charge >= 0.3 is 0 Å². The molecule has 0 atom stereocenters. The van der Waals surface area contributed by atoms with E-state index in [1.165, 1.54) is 31.0 Å². The van der Waals surface area contributed by atoms with Crippen LogP contribution in [0.5, 0.6) is 0 Å². The van der Waals surface area contributed by atoms with Gasteiger partial charge < -0.3 is 11.1 Å². The SMILES string of the molecule is CSc1n[nH]c(N)c1C(=O)NC1CCCCC1. The third kappa shape index (κ3) is 2.74. The number of hydrogen-bond donors (Lipinski definition) is 3. The first-order valence-corrected chi connectivity index (χ1v) is 7.13. The van der Waals surface area contributed by atoms with Crippen LogP contribution < -0.4 is 11.1 Å². The third-order valence-corrected chi connectivity index (χ3v) is 3.80. The second-order valence-corrected chi connectivity index (χ2v) is 5.12. The summed E-state index contributed by atoms with van der Waals surface area (Å²) >= 11 is 1.42. The summed E-state index contributed by atoms with van der Waals surface area (Å²) in [5.74, 6) is 0.246. The number of carbonyl (C=O) groups excluding carboxylic acids is 1. The summed E-state index contributed by atoms with van der Waals surface area (Å²) in [4.78, 5) is 12.1. The monoisotopic (exact) mass is 254 g/mol. The molecule has 1 aromatic heterocycles. The Balaban J connectivity index is 2.05. The molecule has 1 fully saturated rings. The molecule has 0 aromatic carbocycles. The fourth-order valence-corrected chi connectivity index (χ4v) is 2.75. The topological polar surface area (TPSA) is 83.8 Å². The average Bonchev–Trinajstić information content (AvgIpc) is 2.71. The summed E-state index contributed by atoms with van der Waals surface area (Å²) < 4.78 is 0. The number of H-pyrrole nitrogens is 1. The Morgan fingerprint density at radius 1 is 1.47 bits per heavy atom. The van der Waals surface area contributed by atoms with E-state index in [1.807, 2.05) is 6.26 Å². The van der Waals surface area contributed by atoms with E-state index in [2.05, 4.69) is 15.5 Å². The van der Waals surface area contributed by atoms with E-state index in [0.717, 1.165) is 12.8 Å². The van der Waals surface area contributed by atoms with Crippen LogP contribution in [0.25, 0.3) is 0 Å². The van der Waals surface area contributed by atoms with Crippen LogP contribution >= 0.6 is 11.8 Å². The van der Waals surface area contributed by atoms with Gasteiger partial charge in [-0.15, -0.1) is 11.8 Å². The highest BCUT2D eigenvalue weighted by atomic mass is 32.2. The van der Waals surface area contributed by atoms with E-state index < -0.39 is 0 Å². The maximum Gasteiger partial charge on any atom is 0.258 e. The van der Waals surface area contributed by atoms with Crippen molar-refractivity contribution in [3.05, 3.63) is 5.56 Å². The molecule has 6 heteroatoms. The van der Waals surface area contributed by atoms with Crippen LogP contribution in [-0.4, -0.2) is 28.4 Å². The van der Waals surface area contributed by atoms with E-state index in [1.54, 1.807) is 0 Å². The predicted octanol–water partition coefficient (Wildman–Crippen LogP) is 1.78. The van der Waals surface area contributed by atoms with Crippen LogP contribution in [0.1, 0.15) is 42.5 Å². The van der Waals surface area contributed by atoms with Crippen LogP contribution in [0.4, 0.5) is 5.82 Å². The number of nitrogens with zero attached hydrogens (tertiary/aromatic N) is 1. The molecule has 0 radical (unpaired) electrons. The minimum Gasteiger partial charge on any atom is -0.383 e. The summed E-state index contributed by atoms with van der Waals surface area (Å²) in [6.45, 7) is 0. The molecule has 4 N–H and O–H groups in total. The molecular weight excluding hydrogens is 236 g/mol. The van der Waals surface area contributed by atoms with Crippen molar-refractivity contribution in [3.63, 3.8) is 0 Å². The molecule has 0 aliphatic heterocycles. The maximum atomic E-state index is 12.1. The van der Waals surface area contributed by atoms with Crippen LogP contribution in [0.2, 0.25) is 0 Å². The Kier molecular flexibility index (Phi) is 3.93. The normalized spacial score (nSPS) is 17.0. The quantitative estimate of drug-likeness (QED) is 0.718. The molecule has 0 saturated heterocycles. The maximum absolute atomic E-state index is 12.1. The van der Waals surface area contributed by atoms with Crippen molar-refractivity contribution in [1.29, 1.82) is 0 Å². The fraction of sp³-hybridized carbons (Fsp3) is 0.636. The summed E-state index contributed by atoms with van der Waals surface area (Å²) in [6, 6.07) is 0.292. The van der Waals surface area contributed by atoms with Crippen LogP contribution in [0, 0.1) is 0 Å². The first-order valence-electron chi connectivity index (χ1n) is 5.91.